The Bertz CT molecular complexity index is 679. The Morgan fingerprint density at radius 2 is 2.32 bits per heavy atom. The van der Waals surface area contributed by atoms with E-state index in [1.807, 2.05) is 26.1 Å². The van der Waals surface area contributed by atoms with Crippen LogP contribution in [0.2, 0.25) is 0 Å². The van der Waals surface area contributed by atoms with E-state index in [1.54, 1.807) is 17.3 Å². The lowest BCUT2D eigenvalue weighted by Crippen LogP contribution is -2.30. The van der Waals surface area contributed by atoms with Crippen LogP contribution in [-0.2, 0) is 19.5 Å². The summed E-state index contributed by atoms with van der Waals surface area (Å²) in [5.41, 5.74) is 2.80. The van der Waals surface area contributed by atoms with E-state index in [-0.39, 0.29) is 5.91 Å². The summed E-state index contributed by atoms with van der Waals surface area (Å²) in [5, 5.41) is 0. The van der Waals surface area contributed by atoms with Crippen LogP contribution < -0.4 is 0 Å². The fourth-order valence-corrected chi connectivity index (χ4v) is 2.97. The van der Waals surface area contributed by atoms with Gasteiger partial charge in [0.15, 0.2) is 0 Å². The zero-order valence-corrected chi connectivity index (χ0v) is 13.3. The molecule has 22 heavy (non-hydrogen) atoms. The van der Waals surface area contributed by atoms with Gasteiger partial charge in [-0.05, 0) is 25.6 Å². The van der Waals surface area contributed by atoms with Gasteiger partial charge in [0.2, 0.25) is 0 Å². The van der Waals surface area contributed by atoms with Crippen molar-refractivity contribution in [2.45, 2.75) is 26.4 Å². The van der Waals surface area contributed by atoms with Gasteiger partial charge in [0, 0.05) is 51.1 Å². The van der Waals surface area contributed by atoms with Crippen LogP contribution in [0.1, 0.15) is 33.0 Å². The molecule has 1 aliphatic heterocycles. The first-order chi connectivity index (χ1) is 10.6. The molecule has 2 aromatic heterocycles. The lowest BCUT2D eigenvalue weighted by molar-refractivity contribution is 0.0781. The Morgan fingerprint density at radius 1 is 1.50 bits per heavy atom. The molecule has 0 unspecified atom stereocenters. The van der Waals surface area contributed by atoms with E-state index in [2.05, 4.69) is 16.9 Å². The fraction of sp³-hybridized carbons (Fsp3) is 0.412. The molecule has 3 heterocycles. The van der Waals surface area contributed by atoms with Gasteiger partial charge in [-0.15, -0.1) is 0 Å². The molecule has 0 spiro atoms. The molecule has 0 aliphatic carbocycles. The Kier molecular flexibility index (Phi) is 3.98. The highest BCUT2D eigenvalue weighted by atomic mass is 16.3. The minimum atomic E-state index is 0.0154. The maximum absolute atomic E-state index is 12.8. The molecule has 0 N–H and O–H groups in total. The first-order valence-corrected chi connectivity index (χ1v) is 7.50. The van der Waals surface area contributed by atoms with E-state index in [0.717, 1.165) is 47.7 Å². The molecule has 0 atom stereocenters. The van der Waals surface area contributed by atoms with Crippen LogP contribution in [0.15, 0.2) is 28.9 Å². The number of nitrogens with zero attached hydrogens (tertiary/aromatic N) is 3. The average molecular weight is 299 g/mol. The highest BCUT2D eigenvalue weighted by Gasteiger charge is 2.28. The number of likely N-dealkylation sites (N-methyl/N-ethyl adjacent to an activating group) is 1. The average Bonchev–Trinajstić information content (AvgIpc) is 2.82. The molecule has 116 valence electrons. The summed E-state index contributed by atoms with van der Waals surface area (Å²) in [6.07, 6.45) is 4.39. The second kappa shape index (κ2) is 5.93. The van der Waals surface area contributed by atoms with Crippen LogP contribution in [0.3, 0.4) is 0 Å². The van der Waals surface area contributed by atoms with Gasteiger partial charge in [-0.25, -0.2) is 0 Å². The van der Waals surface area contributed by atoms with Gasteiger partial charge in [0.05, 0.1) is 5.56 Å². The summed E-state index contributed by atoms with van der Waals surface area (Å²) < 4.78 is 5.82. The van der Waals surface area contributed by atoms with Crippen molar-refractivity contribution in [1.82, 2.24) is 14.8 Å². The molecule has 0 fully saturated rings. The smallest absolute Gasteiger partial charge is 0.257 e. The topological polar surface area (TPSA) is 49.6 Å². The number of furan rings is 1. The Balaban J connectivity index is 1.84. The monoisotopic (exact) mass is 299 g/mol. The first kappa shape index (κ1) is 14.8. The van der Waals surface area contributed by atoms with Crippen molar-refractivity contribution in [3.05, 3.63) is 52.7 Å². The molecule has 5 heteroatoms. The Labute approximate surface area is 130 Å². The summed E-state index contributed by atoms with van der Waals surface area (Å²) in [4.78, 5) is 20.9. The number of carbonyl (C=O) groups is 1. The molecule has 1 aliphatic rings. The molecule has 3 rings (SSSR count). The van der Waals surface area contributed by atoms with Crippen molar-refractivity contribution >= 4 is 5.91 Å². The van der Waals surface area contributed by atoms with Crippen molar-refractivity contribution in [2.24, 2.45) is 0 Å². The Morgan fingerprint density at radius 3 is 3.05 bits per heavy atom. The molecule has 0 bridgehead atoms. The standard InChI is InChI=1S/C17H21N3O2/c1-12-16(14-11-19(2)8-6-15(14)22-12)17(21)20(3)10-13-5-4-7-18-9-13/h4-5,7,9H,6,8,10-11H2,1-3H3. The number of amides is 1. The van der Waals surface area contributed by atoms with Crippen molar-refractivity contribution < 1.29 is 9.21 Å². The van der Waals surface area contributed by atoms with Gasteiger partial charge in [-0.3, -0.25) is 9.78 Å². The largest absolute Gasteiger partial charge is 0.465 e. The molecular formula is C17H21N3O2. The number of carbonyl (C=O) groups excluding carboxylic acids is 1. The van der Waals surface area contributed by atoms with Crippen LogP contribution in [0.25, 0.3) is 0 Å². The molecule has 2 aromatic rings. The highest BCUT2D eigenvalue weighted by molar-refractivity contribution is 5.96. The number of aryl methyl sites for hydroxylation is 1. The van der Waals surface area contributed by atoms with E-state index < -0.39 is 0 Å². The quantitative estimate of drug-likeness (QED) is 0.872. The van der Waals surface area contributed by atoms with Crippen LogP contribution >= 0.6 is 0 Å². The van der Waals surface area contributed by atoms with E-state index >= 15 is 0 Å². The predicted molar refractivity (Wildman–Crippen MR) is 83.5 cm³/mol. The highest BCUT2D eigenvalue weighted by Crippen LogP contribution is 2.28. The molecule has 0 saturated carbocycles. The molecule has 1 amide bonds. The summed E-state index contributed by atoms with van der Waals surface area (Å²) >= 11 is 0. The third-order valence-corrected chi connectivity index (χ3v) is 4.12. The minimum absolute atomic E-state index is 0.0154. The van der Waals surface area contributed by atoms with Crippen LogP contribution in [-0.4, -0.2) is 41.3 Å². The fourth-order valence-electron chi connectivity index (χ4n) is 2.97. The van der Waals surface area contributed by atoms with Gasteiger partial charge in [0.25, 0.3) is 5.91 Å². The van der Waals surface area contributed by atoms with Crippen molar-refractivity contribution in [3.8, 4) is 0 Å². The lowest BCUT2D eigenvalue weighted by atomic mass is 10.0. The number of hydrogen-bond donors (Lipinski definition) is 0. The Hall–Kier alpha value is -2.14. The second-order valence-corrected chi connectivity index (χ2v) is 5.95. The molecule has 0 aromatic carbocycles. The number of rotatable bonds is 3. The van der Waals surface area contributed by atoms with Crippen LogP contribution in [0.4, 0.5) is 0 Å². The zero-order valence-electron chi connectivity index (χ0n) is 13.3. The van der Waals surface area contributed by atoms with Gasteiger partial charge in [-0.1, -0.05) is 6.07 Å². The number of fused-ring (bicyclic) bond motifs is 1. The van der Waals surface area contributed by atoms with E-state index in [0.29, 0.717) is 6.54 Å². The zero-order chi connectivity index (χ0) is 15.7. The maximum Gasteiger partial charge on any atom is 0.257 e. The molecule has 0 radical (unpaired) electrons. The number of aromatic nitrogens is 1. The normalized spacial score (nSPS) is 14.7. The SMILES string of the molecule is Cc1oc2c(c1C(=O)N(C)Cc1cccnc1)CN(C)CC2. The van der Waals surface area contributed by atoms with Crippen molar-refractivity contribution in [3.63, 3.8) is 0 Å². The van der Waals surface area contributed by atoms with Gasteiger partial charge in [0.1, 0.15) is 11.5 Å². The summed E-state index contributed by atoms with van der Waals surface area (Å²) in [5.74, 6) is 1.71. The molecular weight excluding hydrogens is 278 g/mol. The van der Waals surface area contributed by atoms with E-state index in [4.69, 9.17) is 4.42 Å². The van der Waals surface area contributed by atoms with Crippen LogP contribution in [0.5, 0.6) is 0 Å². The third-order valence-electron chi connectivity index (χ3n) is 4.12. The van der Waals surface area contributed by atoms with Gasteiger partial charge in [-0.2, -0.15) is 0 Å². The molecule has 0 saturated heterocycles. The predicted octanol–water partition coefficient (Wildman–Crippen LogP) is 2.24. The van der Waals surface area contributed by atoms with Gasteiger partial charge >= 0.3 is 0 Å². The van der Waals surface area contributed by atoms with E-state index in [1.165, 1.54) is 0 Å². The number of pyridine rings is 1. The second-order valence-electron chi connectivity index (χ2n) is 5.95. The summed E-state index contributed by atoms with van der Waals surface area (Å²) in [7, 11) is 3.89. The maximum atomic E-state index is 12.8. The van der Waals surface area contributed by atoms with Crippen molar-refractivity contribution in [2.75, 3.05) is 20.6 Å². The number of hydrogen-bond acceptors (Lipinski definition) is 4. The van der Waals surface area contributed by atoms with Crippen molar-refractivity contribution in [1.29, 1.82) is 0 Å². The van der Waals surface area contributed by atoms with Gasteiger partial charge < -0.3 is 14.2 Å². The molecule has 5 nitrogen and oxygen atoms in total. The first-order valence-electron chi connectivity index (χ1n) is 7.50. The third kappa shape index (κ3) is 2.76. The van der Waals surface area contributed by atoms with E-state index in [9.17, 15) is 4.79 Å². The summed E-state index contributed by atoms with van der Waals surface area (Å²) in [6.45, 7) is 4.17. The summed E-state index contributed by atoms with van der Waals surface area (Å²) in [6, 6.07) is 3.86. The minimum Gasteiger partial charge on any atom is -0.465 e. The lowest BCUT2D eigenvalue weighted by Gasteiger charge is -2.23. The van der Waals surface area contributed by atoms with Crippen LogP contribution in [0, 0.1) is 6.92 Å².